The molecule has 1 N–H and O–H groups in total. The fourth-order valence-corrected chi connectivity index (χ4v) is 1.22. The first-order valence-corrected chi connectivity index (χ1v) is 3.13. The van der Waals surface area contributed by atoms with Crippen LogP contribution in [0, 0.1) is 5.92 Å². The summed E-state index contributed by atoms with van der Waals surface area (Å²) >= 11 is 0. The van der Waals surface area contributed by atoms with Crippen LogP contribution in [-0.2, 0) is 0 Å². The van der Waals surface area contributed by atoms with Gasteiger partial charge >= 0.3 is 6.18 Å². The van der Waals surface area contributed by atoms with E-state index in [2.05, 4.69) is 0 Å². The van der Waals surface area contributed by atoms with Gasteiger partial charge in [-0.3, -0.25) is 0 Å². The van der Waals surface area contributed by atoms with E-state index in [9.17, 15) is 13.2 Å². The summed E-state index contributed by atoms with van der Waals surface area (Å²) in [5.74, 6) is -1.50. The molecule has 0 saturated heterocycles. The third-order valence-electron chi connectivity index (χ3n) is 2.08. The van der Waals surface area contributed by atoms with Crippen LogP contribution in [0.15, 0.2) is 0 Å². The summed E-state index contributed by atoms with van der Waals surface area (Å²) in [5, 5.41) is 8.99. The van der Waals surface area contributed by atoms with Crippen LogP contribution in [-0.4, -0.2) is 16.9 Å². The minimum atomic E-state index is -4.22. The van der Waals surface area contributed by atoms with Crippen molar-refractivity contribution < 1.29 is 18.3 Å². The molecule has 0 radical (unpaired) electrons. The normalized spacial score (nSPS) is 41.1. The van der Waals surface area contributed by atoms with Crippen molar-refractivity contribution in [3.8, 4) is 0 Å². The first-order chi connectivity index (χ1) is 4.34. The molecule has 0 aliphatic heterocycles. The molecule has 0 bridgehead atoms. The van der Waals surface area contributed by atoms with Crippen molar-refractivity contribution in [3.63, 3.8) is 0 Å². The van der Waals surface area contributed by atoms with E-state index in [0.717, 1.165) is 0 Å². The molecule has 0 aromatic heterocycles. The lowest BCUT2D eigenvalue weighted by atomic mass is 9.70. The first-order valence-electron chi connectivity index (χ1n) is 3.13. The number of hydrogen-bond donors (Lipinski definition) is 1. The van der Waals surface area contributed by atoms with E-state index in [0.29, 0.717) is 0 Å². The Labute approximate surface area is 56.8 Å². The predicted molar refractivity (Wildman–Crippen MR) is 29.4 cm³/mol. The Balaban J connectivity index is 2.60. The van der Waals surface area contributed by atoms with Crippen LogP contribution in [0.2, 0.25) is 0 Å². The van der Waals surface area contributed by atoms with Crippen molar-refractivity contribution in [1.29, 1.82) is 0 Å². The van der Waals surface area contributed by atoms with Crippen molar-refractivity contribution in [1.82, 2.24) is 0 Å². The minimum Gasteiger partial charge on any atom is -0.390 e. The zero-order valence-electron chi connectivity index (χ0n) is 5.57. The van der Waals surface area contributed by atoms with Gasteiger partial charge in [-0.15, -0.1) is 0 Å². The lowest BCUT2D eigenvalue weighted by Gasteiger charge is -2.43. The van der Waals surface area contributed by atoms with E-state index in [1.807, 2.05) is 0 Å². The van der Waals surface area contributed by atoms with Crippen LogP contribution in [0.1, 0.15) is 19.8 Å². The van der Waals surface area contributed by atoms with Crippen LogP contribution in [0.25, 0.3) is 0 Å². The maximum atomic E-state index is 11.8. The molecule has 0 amide bonds. The Bertz CT molecular complexity index is 128. The molecule has 4 heteroatoms. The molecule has 2 atom stereocenters. The van der Waals surface area contributed by atoms with Gasteiger partial charge in [-0.05, 0) is 19.8 Å². The molecule has 0 aromatic carbocycles. The Morgan fingerprint density at radius 3 is 2.00 bits per heavy atom. The van der Waals surface area contributed by atoms with E-state index in [4.69, 9.17) is 5.11 Å². The van der Waals surface area contributed by atoms with Crippen molar-refractivity contribution >= 4 is 0 Å². The summed E-state index contributed by atoms with van der Waals surface area (Å²) in [6.07, 6.45) is -3.89. The second kappa shape index (κ2) is 1.87. The largest absolute Gasteiger partial charge is 0.394 e. The van der Waals surface area contributed by atoms with Crippen molar-refractivity contribution in [2.45, 2.75) is 31.5 Å². The molecular weight excluding hydrogens is 145 g/mol. The number of rotatable bonds is 0. The molecule has 1 aliphatic carbocycles. The Hall–Kier alpha value is -0.250. The number of aliphatic hydroxyl groups is 1. The standard InChI is InChI=1S/C6H9F3O/c1-5(10)3-2-4(5)6(7,8)9/h4,10H,2-3H2,1H3. The van der Waals surface area contributed by atoms with Gasteiger partial charge in [0.05, 0.1) is 11.5 Å². The van der Waals surface area contributed by atoms with Gasteiger partial charge < -0.3 is 5.11 Å². The van der Waals surface area contributed by atoms with Crippen LogP contribution in [0.3, 0.4) is 0 Å². The van der Waals surface area contributed by atoms with E-state index >= 15 is 0 Å². The molecule has 1 saturated carbocycles. The summed E-state index contributed by atoms with van der Waals surface area (Å²) < 4.78 is 35.5. The maximum Gasteiger partial charge on any atom is 0.394 e. The third-order valence-corrected chi connectivity index (χ3v) is 2.08. The monoisotopic (exact) mass is 154 g/mol. The highest BCUT2D eigenvalue weighted by Crippen LogP contribution is 2.47. The van der Waals surface area contributed by atoms with E-state index in [-0.39, 0.29) is 12.8 Å². The zero-order valence-corrected chi connectivity index (χ0v) is 5.57. The van der Waals surface area contributed by atoms with Crippen molar-refractivity contribution in [3.05, 3.63) is 0 Å². The quantitative estimate of drug-likeness (QED) is 0.563. The van der Waals surface area contributed by atoms with Crippen LogP contribution in [0.5, 0.6) is 0 Å². The van der Waals surface area contributed by atoms with Gasteiger partial charge in [-0.2, -0.15) is 13.2 Å². The van der Waals surface area contributed by atoms with Gasteiger partial charge in [0, 0.05) is 0 Å². The fraction of sp³-hybridized carbons (Fsp3) is 1.00. The highest BCUT2D eigenvalue weighted by atomic mass is 19.4. The molecule has 1 fully saturated rings. The lowest BCUT2D eigenvalue weighted by molar-refractivity contribution is -0.258. The topological polar surface area (TPSA) is 20.2 Å². The molecule has 1 rings (SSSR count). The predicted octanol–water partition coefficient (Wildman–Crippen LogP) is 1.71. The number of alkyl halides is 3. The number of halogens is 3. The molecule has 10 heavy (non-hydrogen) atoms. The van der Waals surface area contributed by atoms with Gasteiger partial charge in [0.1, 0.15) is 0 Å². The minimum absolute atomic E-state index is 0.0660. The van der Waals surface area contributed by atoms with Crippen molar-refractivity contribution in [2.75, 3.05) is 0 Å². The Morgan fingerprint density at radius 1 is 1.50 bits per heavy atom. The van der Waals surface area contributed by atoms with E-state index in [1.54, 1.807) is 0 Å². The summed E-state index contributed by atoms with van der Waals surface area (Å²) in [5.41, 5.74) is -1.50. The van der Waals surface area contributed by atoms with Crippen LogP contribution < -0.4 is 0 Å². The molecule has 0 spiro atoms. The second-order valence-electron chi connectivity index (χ2n) is 2.99. The van der Waals surface area contributed by atoms with Crippen molar-refractivity contribution in [2.24, 2.45) is 5.92 Å². The molecule has 2 unspecified atom stereocenters. The summed E-state index contributed by atoms with van der Waals surface area (Å²) in [6, 6.07) is 0. The van der Waals surface area contributed by atoms with E-state index in [1.165, 1.54) is 6.92 Å². The van der Waals surface area contributed by atoms with Gasteiger partial charge in [0.2, 0.25) is 0 Å². The van der Waals surface area contributed by atoms with Crippen LogP contribution in [0.4, 0.5) is 13.2 Å². The lowest BCUT2D eigenvalue weighted by Crippen LogP contribution is -2.51. The van der Waals surface area contributed by atoms with Gasteiger partial charge in [-0.25, -0.2) is 0 Å². The van der Waals surface area contributed by atoms with Crippen LogP contribution >= 0.6 is 0 Å². The Morgan fingerprint density at radius 2 is 2.00 bits per heavy atom. The maximum absolute atomic E-state index is 11.8. The average Bonchev–Trinajstić information content (AvgIpc) is 1.58. The molecule has 1 nitrogen and oxygen atoms in total. The first kappa shape index (κ1) is 7.85. The summed E-state index contributed by atoms with van der Waals surface area (Å²) in [7, 11) is 0. The highest BCUT2D eigenvalue weighted by molar-refractivity contribution is 4.96. The second-order valence-corrected chi connectivity index (χ2v) is 2.99. The highest BCUT2D eigenvalue weighted by Gasteiger charge is 2.56. The van der Waals surface area contributed by atoms with Gasteiger partial charge in [0.15, 0.2) is 0 Å². The molecule has 1 aliphatic rings. The average molecular weight is 154 g/mol. The summed E-state index contributed by atoms with van der Waals surface area (Å²) in [4.78, 5) is 0. The molecule has 0 heterocycles. The third kappa shape index (κ3) is 1.12. The Kier molecular flexibility index (Phi) is 1.47. The molecular formula is C6H9F3O. The fourth-order valence-electron chi connectivity index (χ4n) is 1.22. The SMILES string of the molecule is CC1(O)CCC1C(F)(F)F. The zero-order chi connectivity index (χ0) is 7.99. The van der Waals surface area contributed by atoms with Gasteiger partial charge in [-0.1, -0.05) is 0 Å². The van der Waals surface area contributed by atoms with E-state index < -0.39 is 17.7 Å². The smallest absolute Gasteiger partial charge is 0.390 e. The molecule has 60 valence electrons. The van der Waals surface area contributed by atoms with Gasteiger partial charge in [0.25, 0.3) is 0 Å². The number of hydrogen-bond acceptors (Lipinski definition) is 1. The molecule has 0 aromatic rings. The summed E-state index contributed by atoms with van der Waals surface area (Å²) in [6.45, 7) is 1.23.